The minimum atomic E-state index is -0.866. The maximum atomic E-state index is 14.6. The van der Waals surface area contributed by atoms with Gasteiger partial charge in [-0.05, 0) is 112 Å². The molecule has 12 heteroatoms. The Morgan fingerprint density at radius 3 is 2.28 bits per heavy atom. The number of fused-ring (bicyclic) bond motifs is 3. The van der Waals surface area contributed by atoms with Gasteiger partial charge < -0.3 is 28.7 Å². The van der Waals surface area contributed by atoms with E-state index in [1.54, 1.807) is 19.2 Å². The van der Waals surface area contributed by atoms with Crippen molar-refractivity contribution in [1.82, 2.24) is 0 Å². The molecule has 1 aliphatic rings. The normalized spacial score (nSPS) is 15.1. The predicted octanol–water partition coefficient (Wildman–Crippen LogP) is 11.0. The number of hydrogen-bond acceptors (Lipinski definition) is 11. The molecule has 8 aromatic rings. The summed E-state index contributed by atoms with van der Waals surface area (Å²) < 4.78 is 29.3. The van der Waals surface area contributed by atoms with Gasteiger partial charge >= 0.3 is 17.6 Å². The van der Waals surface area contributed by atoms with Crippen LogP contribution in [0.15, 0.2) is 112 Å². The Kier molecular flexibility index (Phi) is 11.3. The number of nitro groups is 1. The summed E-state index contributed by atoms with van der Waals surface area (Å²) in [6.45, 7) is 7.24. The average molecular weight is 861 g/mol. The van der Waals surface area contributed by atoms with Crippen molar-refractivity contribution >= 4 is 77.4 Å². The Balaban J connectivity index is 1.17. The van der Waals surface area contributed by atoms with Crippen LogP contribution in [0.1, 0.15) is 69.1 Å². The highest BCUT2D eigenvalue weighted by Gasteiger charge is 2.41. The van der Waals surface area contributed by atoms with Crippen LogP contribution < -0.4 is 20.4 Å². The number of carbonyl (C=O) groups excluding carboxylic acids is 2. The fraction of sp³-hybridized carbons (Fsp3) is 0.288. The van der Waals surface area contributed by atoms with E-state index in [9.17, 15) is 24.5 Å². The fourth-order valence-corrected chi connectivity index (χ4v) is 9.99. The Morgan fingerprint density at radius 2 is 1.53 bits per heavy atom. The molecular weight excluding hydrogens is 813 g/mol. The number of non-ortho nitro benzene ring substituents is 1. The number of esters is 2. The molecule has 0 saturated carbocycles. The molecule has 0 radical (unpaired) electrons. The van der Waals surface area contributed by atoms with E-state index in [1.807, 2.05) is 73.7 Å². The fourth-order valence-electron chi connectivity index (χ4n) is 9.99. The molecule has 1 N–H and O–H groups in total. The number of rotatable bonds is 14. The van der Waals surface area contributed by atoms with Crippen LogP contribution in [-0.2, 0) is 24.5 Å². The number of hydrogen-bond donors (Lipinski definition) is 1. The first-order chi connectivity index (χ1) is 31.0. The summed E-state index contributed by atoms with van der Waals surface area (Å²) in [6, 6.07) is 32.5. The number of benzene rings is 7. The van der Waals surface area contributed by atoms with Crippen LogP contribution in [0.2, 0.25) is 0 Å². The van der Waals surface area contributed by atoms with Crippen LogP contribution >= 0.6 is 0 Å². The molecule has 12 nitrogen and oxygen atoms in total. The SMILES string of the molecule is CCNc1ccc(OCCOC(=O)CC2CCOC(=O)CC2)cc1[C@H](c1c(OC)c2ccccc2oc1=O)C(C)(C)c1ccc2c3cccc4c([N+](=O)[O-])ccc(c5cccc1c52)c43. The van der Waals surface area contributed by atoms with Crippen molar-refractivity contribution in [2.75, 3.05) is 38.8 Å². The lowest BCUT2D eigenvalue weighted by Gasteiger charge is -2.38. The molecule has 1 aromatic heterocycles. The highest BCUT2D eigenvalue weighted by Crippen LogP contribution is 2.52. The van der Waals surface area contributed by atoms with Crippen LogP contribution in [0.5, 0.6) is 11.5 Å². The summed E-state index contributed by atoms with van der Waals surface area (Å²) in [4.78, 5) is 50.9. The van der Waals surface area contributed by atoms with Crippen molar-refractivity contribution in [3.8, 4) is 11.5 Å². The molecule has 326 valence electrons. The molecule has 64 heavy (non-hydrogen) atoms. The Morgan fingerprint density at radius 1 is 0.844 bits per heavy atom. The Hall–Kier alpha value is -7.21. The number of nitrogens with one attached hydrogen (secondary N) is 1. The van der Waals surface area contributed by atoms with Crippen LogP contribution in [0.25, 0.3) is 54.1 Å². The molecule has 2 heterocycles. The third kappa shape index (κ3) is 7.46. The van der Waals surface area contributed by atoms with Gasteiger partial charge in [-0.3, -0.25) is 19.7 Å². The first kappa shape index (κ1) is 42.1. The summed E-state index contributed by atoms with van der Waals surface area (Å²) in [5.74, 6) is -0.370. The molecule has 9 rings (SSSR count). The second kappa shape index (κ2) is 17.2. The molecule has 1 aliphatic heterocycles. The molecule has 7 aromatic carbocycles. The number of para-hydroxylation sites is 1. The minimum absolute atomic E-state index is 0.0166. The van der Waals surface area contributed by atoms with Crippen LogP contribution in [0.4, 0.5) is 11.4 Å². The second-order valence-corrected chi connectivity index (χ2v) is 17.0. The largest absolute Gasteiger partial charge is 0.495 e. The Labute approximate surface area is 368 Å². The van der Waals surface area contributed by atoms with E-state index in [2.05, 4.69) is 43.4 Å². The van der Waals surface area contributed by atoms with Crippen molar-refractivity contribution in [1.29, 1.82) is 0 Å². The van der Waals surface area contributed by atoms with Crippen molar-refractivity contribution in [3.05, 3.63) is 140 Å². The number of anilines is 1. The molecule has 0 bridgehead atoms. The maximum Gasteiger partial charge on any atom is 0.343 e. The van der Waals surface area contributed by atoms with Gasteiger partial charge in [0.05, 0.1) is 35.0 Å². The first-order valence-electron chi connectivity index (χ1n) is 21.7. The van der Waals surface area contributed by atoms with Crippen molar-refractivity contribution in [3.63, 3.8) is 0 Å². The molecule has 2 atom stereocenters. The van der Waals surface area contributed by atoms with Gasteiger partial charge in [-0.25, -0.2) is 4.79 Å². The summed E-state index contributed by atoms with van der Waals surface area (Å²) >= 11 is 0. The Bertz CT molecular complexity index is 3150. The zero-order valence-electron chi connectivity index (χ0n) is 36.2. The van der Waals surface area contributed by atoms with Gasteiger partial charge in [0.15, 0.2) is 0 Å². The van der Waals surface area contributed by atoms with Gasteiger partial charge in [0.1, 0.15) is 30.3 Å². The summed E-state index contributed by atoms with van der Waals surface area (Å²) in [7, 11) is 1.56. The van der Waals surface area contributed by atoms with Gasteiger partial charge in [-0.15, -0.1) is 0 Å². The van der Waals surface area contributed by atoms with Crippen LogP contribution in [-0.4, -0.2) is 50.3 Å². The zero-order valence-corrected chi connectivity index (χ0v) is 36.2. The smallest absolute Gasteiger partial charge is 0.343 e. The second-order valence-electron chi connectivity index (χ2n) is 17.0. The number of carbonyl (C=O) groups is 2. The van der Waals surface area contributed by atoms with Crippen molar-refractivity contribution in [2.45, 2.75) is 57.8 Å². The van der Waals surface area contributed by atoms with Crippen LogP contribution in [0, 0.1) is 16.0 Å². The lowest BCUT2D eigenvalue weighted by Crippen LogP contribution is -2.33. The quantitative estimate of drug-likeness (QED) is 0.0211. The van der Waals surface area contributed by atoms with E-state index in [-0.39, 0.29) is 48.1 Å². The number of methoxy groups -OCH3 is 1. The number of nitro benzene ring substituents is 1. The molecule has 1 saturated heterocycles. The van der Waals surface area contributed by atoms with E-state index >= 15 is 0 Å². The number of nitrogens with zero attached hydrogens (tertiary/aromatic N) is 1. The number of ether oxygens (including phenoxy) is 4. The zero-order chi connectivity index (χ0) is 44.7. The first-order valence-corrected chi connectivity index (χ1v) is 21.7. The lowest BCUT2D eigenvalue weighted by atomic mass is 9.65. The number of cyclic esters (lactones) is 1. The van der Waals surface area contributed by atoms with E-state index < -0.39 is 17.0 Å². The van der Waals surface area contributed by atoms with Crippen molar-refractivity contribution in [2.24, 2.45) is 5.92 Å². The standard InChI is InChI=1S/C52H48N2O10/c1-5-53-41-21-17-31(61-26-27-63-45(56)28-30-16-23-44(55)62-25-24-30)29-39(41)49(48-50(60-4)38-10-6-7-15-43(38)64-51(48)57)52(2,3)40-20-18-34-33-12-9-14-37-42(54(58)59)22-19-35(47(33)37)32-11-8-13-36(40)46(32)34/h6-15,17-22,29-30,49,53H,5,16,23-28H2,1-4H3/t30?,49-/m1/s1. The van der Waals surface area contributed by atoms with Gasteiger partial charge in [0, 0.05) is 47.9 Å². The predicted molar refractivity (Wildman–Crippen MR) is 248 cm³/mol. The maximum absolute atomic E-state index is 14.6. The summed E-state index contributed by atoms with van der Waals surface area (Å²) in [5.41, 5.74) is 1.89. The summed E-state index contributed by atoms with van der Waals surface area (Å²) in [5, 5.41) is 23.5. The third-order valence-electron chi connectivity index (χ3n) is 12.9. The van der Waals surface area contributed by atoms with Gasteiger partial charge in [0.2, 0.25) is 0 Å². The van der Waals surface area contributed by atoms with E-state index in [4.69, 9.17) is 23.4 Å². The highest BCUT2D eigenvalue weighted by atomic mass is 16.6. The van der Waals surface area contributed by atoms with Crippen molar-refractivity contribution < 1.29 is 37.9 Å². The molecule has 0 amide bonds. The highest BCUT2D eigenvalue weighted by molar-refractivity contribution is 6.34. The minimum Gasteiger partial charge on any atom is -0.495 e. The molecule has 0 aliphatic carbocycles. The van der Waals surface area contributed by atoms with E-state index in [1.165, 1.54) is 0 Å². The van der Waals surface area contributed by atoms with Crippen LogP contribution in [0.3, 0.4) is 0 Å². The lowest BCUT2D eigenvalue weighted by molar-refractivity contribution is -0.383. The molecule has 1 fully saturated rings. The molecule has 1 unspecified atom stereocenters. The molecular formula is C52H48N2O10. The average Bonchev–Trinajstić information content (AvgIpc) is 3.50. The van der Waals surface area contributed by atoms with E-state index in [0.29, 0.717) is 65.8 Å². The van der Waals surface area contributed by atoms with Gasteiger partial charge in [-0.1, -0.05) is 68.4 Å². The summed E-state index contributed by atoms with van der Waals surface area (Å²) in [6.07, 6.45) is 1.70. The monoisotopic (exact) mass is 860 g/mol. The third-order valence-corrected chi connectivity index (χ3v) is 12.9. The van der Waals surface area contributed by atoms with E-state index in [0.717, 1.165) is 54.5 Å². The van der Waals surface area contributed by atoms with Gasteiger partial charge in [0.25, 0.3) is 5.69 Å². The molecule has 0 spiro atoms. The topological polar surface area (TPSA) is 156 Å². The van der Waals surface area contributed by atoms with Gasteiger partial charge in [-0.2, -0.15) is 0 Å².